The summed E-state index contributed by atoms with van der Waals surface area (Å²) < 4.78 is 13.1. The maximum absolute atomic E-state index is 13.1. The third-order valence-electron chi connectivity index (χ3n) is 2.38. The zero-order valence-corrected chi connectivity index (χ0v) is 9.01. The minimum absolute atomic E-state index is 0.0263. The molecule has 0 radical (unpaired) electrons. The maximum atomic E-state index is 13.1. The molecule has 0 bridgehead atoms. The summed E-state index contributed by atoms with van der Waals surface area (Å²) in [4.78, 5) is 10.7. The van der Waals surface area contributed by atoms with E-state index in [1.54, 1.807) is 6.92 Å². The predicted molar refractivity (Wildman–Crippen MR) is 56.5 cm³/mol. The Morgan fingerprint density at radius 3 is 2.67 bits per heavy atom. The number of rotatable bonds is 4. The molecular weight excluding hydrogens is 195 g/mol. The molecule has 0 aliphatic rings. The Labute approximate surface area is 88.7 Å². The van der Waals surface area contributed by atoms with Gasteiger partial charge in [-0.05, 0) is 42.2 Å². The van der Waals surface area contributed by atoms with Crippen molar-refractivity contribution in [3.63, 3.8) is 0 Å². The Morgan fingerprint density at radius 2 is 2.13 bits per heavy atom. The van der Waals surface area contributed by atoms with Crippen LogP contribution in [0.1, 0.15) is 30.0 Å². The van der Waals surface area contributed by atoms with E-state index >= 15 is 0 Å². The van der Waals surface area contributed by atoms with Gasteiger partial charge >= 0.3 is 5.97 Å². The number of benzene rings is 1. The molecule has 0 spiro atoms. The molecule has 0 saturated heterocycles. The second-order valence-electron chi connectivity index (χ2n) is 3.68. The lowest BCUT2D eigenvalue weighted by Crippen LogP contribution is -2.06. The lowest BCUT2D eigenvalue weighted by atomic mass is 9.96. The Hall–Kier alpha value is -1.38. The average molecular weight is 210 g/mol. The Bertz CT molecular complexity index is 372. The topological polar surface area (TPSA) is 37.3 Å². The molecule has 1 aromatic carbocycles. The van der Waals surface area contributed by atoms with Gasteiger partial charge in [-0.2, -0.15) is 0 Å². The predicted octanol–water partition coefficient (Wildman–Crippen LogP) is 2.71. The first kappa shape index (κ1) is 11.7. The van der Waals surface area contributed by atoms with E-state index in [-0.39, 0.29) is 12.2 Å². The maximum Gasteiger partial charge on any atom is 0.307 e. The normalized spacial score (nSPS) is 10.3. The first-order valence-corrected chi connectivity index (χ1v) is 5.04. The van der Waals surface area contributed by atoms with Crippen LogP contribution in [0.25, 0.3) is 0 Å². The number of aryl methyl sites for hydroxylation is 2. The van der Waals surface area contributed by atoms with Crippen molar-refractivity contribution in [2.75, 3.05) is 0 Å². The minimum Gasteiger partial charge on any atom is -0.481 e. The number of hydrogen-bond acceptors (Lipinski definition) is 1. The van der Waals surface area contributed by atoms with E-state index in [0.717, 1.165) is 29.5 Å². The molecule has 0 aliphatic heterocycles. The highest BCUT2D eigenvalue weighted by Crippen LogP contribution is 2.19. The third kappa shape index (κ3) is 3.05. The van der Waals surface area contributed by atoms with Crippen molar-refractivity contribution in [3.8, 4) is 0 Å². The molecule has 3 heteroatoms. The molecule has 0 heterocycles. The van der Waals surface area contributed by atoms with Crippen molar-refractivity contribution in [1.29, 1.82) is 0 Å². The molecule has 0 aromatic heterocycles. The van der Waals surface area contributed by atoms with E-state index in [9.17, 15) is 9.18 Å². The highest BCUT2D eigenvalue weighted by molar-refractivity contribution is 5.71. The second-order valence-corrected chi connectivity index (χ2v) is 3.68. The quantitative estimate of drug-likeness (QED) is 0.829. The van der Waals surface area contributed by atoms with Crippen molar-refractivity contribution in [3.05, 3.63) is 34.6 Å². The van der Waals surface area contributed by atoms with Crippen LogP contribution in [0.3, 0.4) is 0 Å². The zero-order valence-electron chi connectivity index (χ0n) is 9.01. The van der Waals surface area contributed by atoms with E-state index in [0.29, 0.717) is 0 Å². The first-order valence-electron chi connectivity index (χ1n) is 5.04. The zero-order chi connectivity index (χ0) is 11.4. The van der Waals surface area contributed by atoms with Gasteiger partial charge in [0.2, 0.25) is 0 Å². The number of hydrogen-bond donors (Lipinski definition) is 1. The van der Waals surface area contributed by atoms with Gasteiger partial charge in [0.25, 0.3) is 0 Å². The van der Waals surface area contributed by atoms with Crippen LogP contribution in [0.4, 0.5) is 4.39 Å². The lowest BCUT2D eigenvalue weighted by Gasteiger charge is -2.10. The smallest absolute Gasteiger partial charge is 0.307 e. The van der Waals surface area contributed by atoms with Gasteiger partial charge in [-0.1, -0.05) is 13.3 Å². The van der Waals surface area contributed by atoms with Crippen LogP contribution in [-0.2, 0) is 17.6 Å². The van der Waals surface area contributed by atoms with Crippen LogP contribution in [0, 0.1) is 12.7 Å². The van der Waals surface area contributed by atoms with Crippen LogP contribution in [0.15, 0.2) is 12.1 Å². The van der Waals surface area contributed by atoms with Crippen LogP contribution in [0.5, 0.6) is 0 Å². The molecule has 0 atom stereocenters. The van der Waals surface area contributed by atoms with Gasteiger partial charge in [0.05, 0.1) is 6.42 Å². The Balaban J connectivity index is 3.14. The molecule has 1 N–H and O–H groups in total. The van der Waals surface area contributed by atoms with Crippen LogP contribution >= 0.6 is 0 Å². The van der Waals surface area contributed by atoms with Crippen LogP contribution < -0.4 is 0 Å². The molecule has 15 heavy (non-hydrogen) atoms. The van der Waals surface area contributed by atoms with E-state index in [4.69, 9.17) is 5.11 Å². The molecule has 0 aliphatic carbocycles. The van der Waals surface area contributed by atoms with Crippen LogP contribution in [0.2, 0.25) is 0 Å². The lowest BCUT2D eigenvalue weighted by molar-refractivity contribution is -0.136. The molecule has 0 fully saturated rings. The fraction of sp³-hybridized carbons (Fsp3) is 0.417. The standard InChI is InChI=1S/C12H15FO2/c1-3-4-9-6-10(13)5-8(2)11(9)7-12(14)15/h5-6H,3-4,7H2,1-2H3,(H,14,15). The van der Waals surface area contributed by atoms with E-state index in [1.165, 1.54) is 12.1 Å². The van der Waals surface area contributed by atoms with Crippen molar-refractivity contribution in [2.24, 2.45) is 0 Å². The Morgan fingerprint density at radius 1 is 1.47 bits per heavy atom. The summed E-state index contributed by atoms with van der Waals surface area (Å²) >= 11 is 0. The van der Waals surface area contributed by atoms with Crippen molar-refractivity contribution < 1.29 is 14.3 Å². The van der Waals surface area contributed by atoms with Gasteiger partial charge in [0.1, 0.15) is 5.82 Å². The summed E-state index contributed by atoms with van der Waals surface area (Å²) in [6.45, 7) is 3.74. The molecule has 1 aromatic rings. The summed E-state index contributed by atoms with van der Waals surface area (Å²) in [5, 5.41) is 8.76. The highest BCUT2D eigenvalue weighted by Gasteiger charge is 2.11. The van der Waals surface area contributed by atoms with E-state index < -0.39 is 5.97 Å². The fourth-order valence-corrected chi connectivity index (χ4v) is 1.74. The average Bonchev–Trinajstić information content (AvgIpc) is 2.11. The van der Waals surface area contributed by atoms with E-state index in [2.05, 4.69) is 0 Å². The minimum atomic E-state index is -0.873. The number of aliphatic carboxylic acids is 1. The van der Waals surface area contributed by atoms with Crippen molar-refractivity contribution in [2.45, 2.75) is 33.1 Å². The number of carboxylic acids is 1. The molecule has 0 unspecified atom stereocenters. The molecule has 0 saturated carbocycles. The third-order valence-corrected chi connectivity index (χ3v) is 2.38. The van der Waals surface area contributed by atoms with Gasteiger partial charge in [-0.15, -0.1) is 0 Å². The van der Waals surface area contributed by atoms with E-state index in [1.807, 2.05) is 6.92 Å². The number of carbonyl (C=O) groups is 1. The summed E-state index contributed by atoms with van der Waals surface area (Å²) in [5.41, 5.74) is 2.30. The largest absolute Gasteiger partial charge is 0.481 e. The van der Waals surface area contributed by atoms with Gasteiger partial charge in [0.15, 0.2) is 0 Å². The Kier molecular flexibility index (Phi) is 3.83. The monoisotopic (exact) mass is 210 g/mol. The van der Waals surface area contributed by atoms with Crippen molar-refractivity contribution >= 4 is 5.97 Å². The molecule has 0 amide bonds. The van der Waals surface area contributed by atoms with Gasteiger partial charge in [-0.25, -0.2) is 4.39 Å². The second kappa shape index (κ2) is 4.91. The summed E-state index contributed by atoms with van der Waals surface area (Å²) in [7, 11) is 0. The number of carboxylic acid groups (broad SMARTS) is 1. The SMILES string of the molecule is CCCc1cc(F)cc(C)c1CC(=O)O. The molecule has 82 valence electrons. The molecule has 1 rings (SSSR count). The fourth-order valence-electron chi connectivity index (χ4n) is 1.74. The summed E-state index contributed by atoms with van der Waals surface area (Å²) in [6, 6.07) is 2.83. The van der Waals surface area contributed by atoms with Crippen LogP contribution in [-0.4, -0.2) is 11.1 Å². The van der Waals surface area contributed by atoms with Gasteiger partial charge in [0, 0.05) is 0 Å². The number of halogens is 1. The first-order chi connectivity index (χ1) is 7.04. The highest BCUT2D eigenvalue weighted by atomic mass is 19.1. The summed E-state index contributed by atoms with van der Waals surface area (Å²) in [5.74, 6) is -1.16. The van der Waals surface area contributed by atoms with Gasteiger partial charge < -0.3 is 5.11 Å². The molecular formula is C12H15FO2. The summed E-state index contributed by atoms with van der Waals surface area (Å²) in [6.07, 6.45) is 1.58. The molecule has 2 nitrogen and oxygen atoms in total. The van der Waals surface area contributed by atoms with Crippen molar-refractivity contribution in [1.82, 2.24) is 0 Å². The van der Waals surface area contributed by atoms with Gasteiger partial charge in [-0.3, -0.25) is 4.79 Å².